The van der Waals surface area contributed by atoms with E-state index in [2.05, 4.69) is 29.7 Å². The number of carboxylic acid groups (broad SMARTS) is 1. The second kappa shape index (κ2) is 13.8. The van der Waals surface area contributed by atoms with E-state index in [1.807, 2.05) is 0 Å². The van der Waals surface area contributed by atoms with Gasteiger partial charge in [-0.3, -0.25) is 9.59 Å². The van der Waals surface area contributed by atoms with E-state index in [9.17, 15) is 9.59 Å². The molecule has 0 unspecified atom stereocenters. The third kappa shape index (κ3) is 8.87. The van der Waals surface area contributed by atoms with Crippen LogP contribution in [0.3, 0.4) is 0 Å². The van der Waals surface area contributed by atoms with E-state index in [0.29, 0.717) is 43.6 Å². The fourth-order valence-corrected chi connectivity index (χ4v) is 4.62. The second-order valence-electron chi connectivity index (χ2n) is 8.49. The molecule has 166 valence electrons. The molecule has 4 atom stereocenters. The van der Waals surface area contributed by atoms with Crippen molar-refractivity contribution in [2.45, 2.75) is 89.8 Å². The fraction of sp³-hybridized carbons (Fsp3) is 0.826. The van der Waals surface area contributed by atoms with Crippen LogP contribution in [0.2, 0.25) is 0 Å². The smallest absolute Gasteiger partial charge is 0.303 e. The summed E-state index contributed by atoms with van der Waals surface area (Å²) in [5.74, 6) is 0.289. The van der Waals surface area contributed by atoms with Crippen molar-refractivity contribution in [2.75, 3.05) is 19.6 Å². The van der Waals surface area contributed by atoms with Gasteiger partial charge in [0.1, 0.15) is 0 Å². The Hall–Kier alpha value is -1.40. The van der Waals surface area contributed by atoms with Crippen LogP contribution < -0.4 is 10.6 Å². The molecule has 0 aromatic heterocycles. The largest absolute Gasteiger partial charge is 0.481 e. The summed E-state index contributed by atoms with van der Waals surface area (Å²) in [4.78, 5) is 22.7. The van der Waals surface area contributed by atoms with E-state index in [1.165, 1.54) is 19.3 Å². The zero-order chi connectivity index (χ0) is 20.9. The third-order valence-corrected chi connectivity index (χ3v) is 6.21. The average molecular weight is 409 g/mol. The van der Waals surface area contributed by atoms with Gasteiger partial charge < -0.3 is 20.5 Å². The van der Waals surface area contributed by atoms with Gasteiger partial charge in [0, 0.05) is 18.9 Å². The van der Waals surface area contributed by atoms with Gasteiger partial charge in [0.25, 0.3) is 0 Å². The van der Waals surface area contributed by atoms with Gasteiger partial charge in [0.15, 0.2) is 0 Å². The Morgan fingerprint density at radius 1 is 1.03 bits per heavy atom. The highest BCUT2D eigenvalue weighted by Crippen LogP contribution is 2.45. The van der Waals surface area contributed by atoms with E-state index < -0.39 is 5.97 Å². The number of nitrogens with one attached hydrogen (secondary N) is 2. The molecular weight excluding hydrogens is 368 g/mol. The lowest BCUT2D eigenvalue weighted by Crippen LogP contribution is -2.41. The standard InChI is InChI=1S/C23H40N2O4/c1-2-3-4-10-15-24-17-22(26)25-16-19-18(20-13-14-21(19)29-20)11-8-6-5-7-9-12-23(27)28/h5-6,18-21,24H,2-4,7-17H2,1H3,(H,25,26)(H,27,28)/b6-5-/t18-,19+,20-,21+/m0/s1. The highest BCUT2D eigenvalue weighted by Gasteiger charge is 2.48. The fourth-order valence-electron chi connectivity index (χ4n) is 4.62. The van der Waals surface area contributed by atoms with Gasteiger partial charge in [0.05, 0.1) is 18.8 Å². The lowest BCUT2D eigenvalue weighted by molar-refractivity contribution is -0.137. The summed E-state index contributed by atoms with van der Waals surface area (Å²) in [7, 11) is 0. The van der Waals surface area contributed by atoms with Crippen LogP contribution in [0.15, 0.2) is 12.2 Å². The number of unbranched alkanes of at least 4 members (excludes halogenated alkanes) is 4. The van der Waals surface area contributed by atoms with Gasteiger partial charge in [0.2, 0.25) is 5.91 Å². The molecular formula is C23H40N2O4. The van der Waals surface area contributed by atoms with Gasteiger partial charge >= 0.3 is 5.97 Å². The monoisotopic (exact) mass is 408 g/mol. The Bertz CT molecular complexity index is 523. The molecule has 6 heteroatoms. The number of amides is 1. The van der Waals surface area contributed by atoms with Crippen molar-refractivity contribution in [3.8, 4) is 0 Å². The molecule has 29 heavy (non-hydrogen) atoms. The van der Waals surface area contributed by atoms with Crippen LogP contribution in [0.4, 0.5) is 0 Å². The first-order chi connectivity index (χ1) is 14.1. The normalized spacial score (nSPS) is 25.7. The molecule has 2 rings (SSSR count). The number of carboxylic acids is 1. The number of hydrogen-bond donors (Lipinski definition) is 3. The predicted molar refractivity (Wildman–Crippen MR) is 115 cm³/mol. The van der Waals surface area contributed by atoms with Crippen molar-refractivity contribution in [1.29, 1.82) is 0 Å². The van der Waals surface area contributed by atoms with Crippen LogP contribution in [-0.4, -0.2) is 48.8 Å². The molecule has 2 heterocycles. The van der Waals surface area contributed by atoms with Crippen molar-refractivity contribution in [1.82, 2.24) is 10.6 Å². The number of ether oxygens (including phenoxy) is 1. The number of rotatable bonds is 16. The highest BCUT2D eigenvalue weighted by atomic mass is 16.5. The molecule has 3 N–H and O–H groups in total. The molecule has 6 nitrogen and oxygen atoms in total. The molecule has 0 radical (unpaired) electrons. The topological polar surface area (TPSA) is 87.7 Å². The lowest BCUT2D eigenvalue weighted by Gasteiger charge is -2.28. The van der Waals surface area contributed by atoms with Crippen LogP contribution >= 0.6 is 0 Å². The minimum Gasteiger partial charge on any atom is -0.481 e. The number of carbonyl (C=O) groups is 2. The Labute approximate surface area is 175 Å². The molecule has 1 amide bonds. The van der Waals surface area contributed by atoms with E-state index in [0.717, 1.165) is 45.1 Å². The molecule has 0 aromatic rings. The first-order valence-electron chi connectivity index (χ1n) is 11.6. The Morgan fingerprint density at radius 3 is 2.55 bits per heavy atom. The molecule has 2 aliphatic rings. The minimum atomic E-state index is -0.728. The van der Waals surface area contributed by atoms with Crippen LogP contribution in [-0.2, 0) is 14.3 Å². The summed E-state index contributed by atoms with van der Waals surface area (Å²) >= 11 is 0. The molecule has 0 spiro atoms. The molecule has 0 aromatic carbocycles. The van der Waals surface area contributed by atoms with Gasteiger partial charge in [-0.15, -0.1) is 0 Å². The zero-order valence-electron chi connectivity index (χ0n) is 18.0. The minimum absolute atomic E-state index is 0.0836. The SMILES string of the molecule is CCCCCCNCC(=O)NC[C@@H]1[C@H](CC/C=C\CCCC(=O)O)[C@@H]2CC[C@H]1O2. The number of fused-ring (bicyclic) bond motifs is 2. The maximum absolute atomic E-state index is 12.1. The van der Waals surface area contributed by atoms with E-state index in [1.54, 1.807) is 0 Å². The van der Waals surface area contributed by atoms with Gasteiger partial charge in [-0.05, 0) is 57.4 Å². The first kappa shape index (κ1) is 23.9. The van der Waals surface area contributed by atoms with Crippen molar-refractivity contribution in [2.24, 2.45) is 11.8 Å². The van der Waals surface area contributed by atoms with Crippen LogP contribution in [0, 0.1) is 11.8 Å². The molecule has 0 aliphatic carbocycles. The highest BCUT2D eigenvalue weighted by molar-refractivity contribution is 5.77. The molecule has 2 fully saturated rings. The predicted octanol–water partition coefficient (Wildman–Crippen LogP) is 3.66. The van der Waals surface area contributed by atoms with Gasteiger partial charge in [-0.2, -0.15) is 0 Å². The summed E-state index contributed by atoms with van der Waals surface area (Å²) in [5, 5.41) is 15.0. The van der Waals surface area contributed by atoms with Crippen molar-refractivity contribution in [3.05, 3.63) is 12.2 Å². The Balaban J connectivity index is 1.62. The van der Waals surface area contributed by atoms with Gasteiger partial charge in [-0.1, -0.05) is 38.3 Å². The molecule has 2 aliphatic heterocycles. The number of hydrogen-bond acceptors (Lipinski definition) is 4. The third-order valence-electron chi connectivity index (χ3n) is 6.21. The number of aliphatic carboxylic acids is 1. The second-order valence-corrected chi connectivity index (χ2v) is 8.49. The van der Waals surface area contributed by atoms with Crippen molar-refractivity contribution < 1.29 is 19.4 Å². The maximum atomic E-state index is 12.1. The summed E-state index contributed by atoms with van der Waals surface area (Å²) in [6.07, 6.45) is 15.8. The van der Waals surface area contributed by atoms with E-state index in [4.69, 9.17) is 9.84 Å². The number of carbonyl (C=O) groups excluding carboxylic acids is 1. The lowest BCUT2D eigenvalue weighted by atomic mass is 9.77. The molecule has 2 bridgehead atoms. The Morgan fingerprint density at radius 2 is 1.79 bits per heavy atom. The molecule has 2 saturated heterocycles. The van der Waals surface area contributed by atoms with E-state index in [-0.39, 0.29) is 12.3 Å². The molecule has 0 saturated carbocycles. The van der Waals surface area contributed by atoms with Crippen LogP contribution in [0.1, 0.15) is 77.6 Å². The Kier molecular flexibility index (Phi) is 11.3. The summed E-state index contributed by atoms with van der Waals surface area (Å²) in [6.45, 7) is 4.22. The maximum Gasteiger partial charge on any atom is 0.303 e. The quantitative estimate of drug-likeness (QED) is 0.268. The van der Waals surface area contributed by atoms with Crippen LogP contribution in [0.25, 0.3) is 0 Å². The average Bonchev–Trinajstić information content (AvgIpc) is 3.30. The van der Waals surface area contributed by atoms with E-state index >= 15 is 0 Å². The van der Waals surface area contributed by atoms with Crippen LogP contribution in [0.5, 0.6) is 0 Å². The number of allylic oxidation sites excluding steroid dienone is 2. The van der Waals surface area contributed by atoms with Gasteiger partial charge in [-0.25, -0.2) is 0 Å². The first-order valence-corrected chi connectivity index (χ1v) is 11.6. The summed E-state index contributed by atoms with van der Waals surface area (Å²) in [5.41, 5.74) is 0. The summed E-state index contributed by atoms with van der Waals surface area (Å²) < 4.78 is 6.13. The van der Waals surface area contributed by atoms with Crippen molar-refractivity contribution >= 4 is 11.9 Å². The van der Waals surface area contributed by atoms with Crippen molar-refractivity contribution in [3.63, 3.8) is 0 Å². The zero-order valence-corrected chi connectivity index (χ0v) is 18.0. The summed E-state index contributed by atoms with van der Waals surface area (Å²) in [6, 6.07) is 0.